The van der Waals surface area contributed by atoms with E-state index >= 15 is 4.39 Å². The second-order valence-electron chi connectivity index (χ2n) is 11.3. The fourth-order valence-electron chi connectivity index (χ4n) is 4.11. The molecular weight excluding hydrogens is 469 g/mol. The summed E-state index contributed by atoms with van der Waals surface area (Å²) in [7, 11) is 0. The molecular formula is C28H37ClFNO2S. The van der Waals surface area contributed by atoms with Gasteiger partial charge in [-0.15, -0.1) is 11.8 Å². The molecule has 0 saturated carbocycles. The minimum Gasteiger partial charge on any atom is -0.381 e. The fourth-order valence-corrected chi connectivity index (χ4v) is 5.57. The number of ether oxygens (including phenoxy) is 1. The van der Waals surface area contributed by atoms with Gasteiger partial charge < -0.3 is 9.64 Å². The number of hydrogen-bond acceptors (Lipinski definition) is 3. The zero-order valence-electron chi connectivity index (χ0n) is 21.4. The van der Waals surface area contributed by atoms with Crippen molar-refractivity contribution in [1.82, 2.24) is 0 Å². The Kier molecular flexibility index (Phi) is 8.11. The van der Waals surface area contributed by atoms with E-state index < -0.39 is 5.41 Å². The van der Waals surface area contributed by atoms with E-state index in [1.165, 1.54) is 0 Å². The molecule has 1 aliphatic rings. The lowest BCUT2D eigenvalue weighted by Gasteiger charge is -2.41. The summed E-state index contributed by atoms with van der Waals surface area (Å²) in [5.74, 6) is -0.452. The average molecular weight is 506 g/mol. The van der Waals surface area contributed by atoms with Gasteiger partial charge in [0.2, 0.25) is 5.91 Å². The van der Waals surface area contributed by atoms with Crippen molar-refractivity contribution in [2.24, 2.45) is 10.8 Å². The molecule has 1 heterocycles. The summed E-state index contributed by atoms with van der Waals surface area (Å²) in [5.41, 5.74) is 0.420. The number of halogens is 2. The minimum absolute atomic E-state index is 0.0853. The molecule has 1 fully saturated rings. The van der Waals surface area contributed by atoms with Crippen LogP contribution in [-0.2, 0) is 14.3 Å². The third kappa shape index (κ3) is 5.98. The monoisotopic (exact) mass is 505 g/mol. The molecule has 1 atom stereocenters. The predicted octanol–water partition coefficient (Wildman–Crippen LogP) is 8.09. The van der Waals surface area contributed by atoms with Gasteiger partial charge in [0, 0.05) is 39.3 Å². The fraction of sp³-hybridized carbons (Fsp3) is 0.536. The van der Waals surface area contributed by atoms with Crippen LogP contribution in [-0.4, -0.2) is 25.2 Å². The molecule has 0 spiro atoms. The average Bonchev–Trinajstić information content (AvgIpc) is 2.75. The molecule has 1 aliphatic heterocycles. The van der Waals surface area contributed by atoms with Crippen LogP contribution in [0.25, 0.3) is 0 Å². The van der Waals surface area contributed by atoms with E-state index in [1.807, 2.05) is 58.0 Å². The SMILES string of the molecule is C[C@H](N(C(=O)C(C)(C)C)c1ccc(C2(Sc3ccc(Cl)cc3)CCOCC2)cc1F)C(C)(C)C. The molecule has 0 radical (unpaired) electrons. The molecule has 0 N–H and O–H groups in total. The highest BCUT2D eigenvalue weighted by molar-refractivity contribution is 8.00. The van der Waals surface area contributed by atoms with Gasteiger partial charge in [-0.25, -0.2) is 4.39 Å². The number of amides is 1. The van der Waals surface area contributed by atoms with Gasteiger partial charge in [-0.2, -0.15) is 0 Å². The first-order chi connectivity index (χ1) is 15.7. The van der Waals surface area contributed by atoms with E-state index in [-0.39, 0.29) is 27.9 Å². The van der Waals surface area contributed by atoms with E-state index in [1.54, 1.807) is 28.8 Å². The van der Waals surface area contributed by atoms with Crippen LogP contribution in [0.3, 0.4) is 0 Å². The normalized spacial score (nSPS) is 17.3. The number of thioether (sulfide) groups is 1. The second kappa shape index (κ2) is 10.2. The first-order valence-corrected chi connectivity index (χ1v) is 13.1. The maximum absolute atomic E-state index is 15.9. The van der Waals surface area contributed by atoms with Gasteiger partial charge in [-0.3, -0.25) is 4.79 Å². The largest absolute Gasteiger partial charge is 0.381 e. The molecule has 0 bridgehead atoms. The van der Waals surface area contributed by atoms with Crippen LogP contribution in [0.1, 0.15) is 66.9 Å². The third-order valence-electron chi connectivity index (χ3n) is 6.66. The smallest absolute Gasteiger partial charge is 0.232 e. The lowest BCUT2D eigenvalue weighted by molar-refractivity contribution is -0.126. The van der Waals surface area contributed by atoms with Crippen molar-refractivity contribution in [3.63, 3.8) is 0 Å². The Balaban J connectivity index is 2.04. The van der Waals surface area contributed by atoms with Crippen molar-refractivity contribution >= 4 is 35.0 Å². The van der Waals surface area contributed by atoms with E-state index in [9.17, 15) is 4.79 Å². The quantitative estimate of drug-likeness (QED) is 0.411. The molecule has 6 heteroatoms. The number of anilines is 1. The number of rotatable bonds is 5. The lowest BCUT2D eigenvalue weighted by Crippen LogP contribution is -2.50. The summed E-state index contributed by atoms with van der Waals surface area (Å²) < 4.78 is 21.2. The number of carbonyl (C=O) groups excluding carboxylic acids is 1. The number of benzene rings is 2. The van der Waals surface area contributed by atoms with Crippen molar-refractivity contribution in [2.45, 2.75) is 77.0 Å². The maximum atomic E-state index is 15.9. The molecule has 3 rings (SSSR count). The van der Waals surface area contributed by atoms with Crippen LogP contribution in [0.5, 0.6) is 0 Å². The van der Waals surface area contributed by atoms with Crippen molar-refractivity contribution < 1.29 is 13.9 Å². The van der Waals surface area contributed by atoms with Gasteiger partial charge in [0.1, 0.15) is 5.82 Å². The summed E-state index contributed by atoms with van der Waals surface area (Å²) in [4.78, 5) is 16.2. The Morgan fingerprint density at radius 3 is 2.15 bits per heavy atom. The zero-order valence-corrected chi connectivity index (χ0v) is 22.9. The highest BCUT2D eigenvalue weighted by atomic mass is 35.5. The Morgan fingerprint density at radius 1 is 1.06 bits per heavy atom. The Morgan fingerprint density at radius 2 is 1.65 bits per heavy atom. The lowest BCUT2D eigenvalue weighted by atomic mass is 9.84. The van der Waals surface area contributed by atoms with E-state index in [4.69, 9.17) is 16.3 Å². The van der Waals surface area contributed by atoms with Gasteiger partial charge in [-0.1, -0.05) is 59.2 Å². The molecule has 0 aliphatic carbocycles. The number of nitrogens with zero attached hydrogens (tertiary/aromatic N) is 1. The Hall–Kier alpha value is -1.56. The zero-order chi connectivity index (χ0) is 25.3. The van der Waals surface area contributed by atoms with Crippen molar-refractivity contribution in [3.05, 3.63) is 58.9 Å². The van der Waals surface area contributed by atoms with Gasteiger partial charge in [0.05, 0.1) is 5.69 Å². The van der Waals surface area contributed by atoms with Gasteiger partial charge >= 0.3 is 0 Å². The maximum Gasteiger partial charge on any atom is 0.232 e. The molecule has 3 nitrogen and oxygen atoms in total. The van der Waals surface area contributed by atoms with E-state index in [2.05, 4.69) is 20.8 Å². The highest BCUT2D eigenvalue weighted by Crippen LogP contribution is 2.49. The minimum atomic E-state index is -0.628. The summed E-state index contributed by atoms with van der Waals surface area (Å²) in [6.07, 6.45) is 1.56. The molecule has 0 aromatic heterocycles. The highest BCUT2D eigenvalue weighted by Gasteiger charge is 2.39. The Bertz CT molecular complexity index is 1000. The van der Waals surface area contributed by atoms with Gasteiger partial charge in [-0.05, 0) is 67.1 Å². The van der Waals surface area contributed by atoms with E-state index in [0.29, 0.717) is 23.9 Å². The third-order valence-corrected chi connectivity index (χ3v) is 8.46. The van der Waals surface area contributed by atoms with Gasteiger partial charge in [0.15, 0.2) is 0 Å². The summed E-state index contributed by atoms with van der Waals surface area (Å²) in [6, 6.07) is 13.0. The molecule has 2 aromatic rings. The summed E-state index contributed by atoms with van der Waals surface area (Å²) in [5, 5.41) is 0.692. The molecule has 1 saturated heterocycles. The summed E-state index contributed by atoms with van der Waals surface area (Å²) >= 11 is 7.81. The van der Waals surface area contributed by atoms with Crippen LogP contribution in [0.4, 0.5) is 10.1 Å². The van der Waals surface area contributed by atoms with Gasteiger partial charge in [0.25, 0.3) is 0 Å². The number of hydrogen-bond donors (Lipinski definition) is 0. The van der Waals surface area contributed by atoms with Crippen molar-refractivity contribution in [1.29, 1.82) is 0 Å². The predicted molar refractivity (Wildman–Crippen MR) is 141 cm³/mol. The number of carbonyl (C=O) groups is 1. The van der Waals surface area contributed by atoms with Crippen LogP contribution in [0, 0.1) is 16.6 Å². The Labute approximate surface area is 213 Å². The van der Waals surface area contributed by atoms with Crippen LogP contribution in [0.15, 0.2) is 47.4 Å². The topological polar surface area (TPSA) is 29.5 Å². The second-order valence-corrected chi connectivity index (χ2v) is 13.2. The summed E-state index contributed by atoms with van der Waals surface area (Å²) in [6.45, 7) is 15.1. The molecule has 186 valence electrons. The van der Waals surface area contributed by atoms with Crippen LogP contribution in [0.2, 0.25) is 5.02 Å². The first-order valence-electron chi connectivity index (χ1n) is 11.9. The molecule has 1 amide bonds. The molecule has 34 heavy (non-hydrogen) atoms. The van der Waals surface area contributed by atoms with Crippen molar-refractivity contribution in [2.75, 3.05) is 18.1 Å². The van der Waals surface area contributed by atoms with E-state index in [0.717, 1.165) is 23.3 Å². The van der Waals surface area contributed by atoms with Crippen molar-refractivity contribution in [3.8, 4) is 0 Å². The molecule has 2 aromatic carbocycles. The van der Waals surface area contributed by atoms with Crippen LogP contribution >= 0.6 is 23.4 Å². The standard InChI is InChI=1S/C28H37ClFNO2S/c1-19(26(2,3)4)31(25(32)27(5,6)7)24-13-8-20(18-23(24)30)28(14-16-33-17-15-28)34-22-11-9-21(29)10-12-22/h8-13,18-19H,14-17H2,1-7H3/t19-/m0/s1. The van der Waals surface area contributed by atoms with Crippen LogP contribution < -0.4 is 4.90 Å². The molecule has 0 unspecified atom stereocenters. The first kappa shape index (κ1) is 27.0.